The van der Waals surface area contributed by atoms with Crippen LogP contribution in [-0.2, 0) is 31.0 Å². The highest BCUT2D eigenvalue weighted by molar-refractivity contribution is 5.99. The van der Waals surface area contributed by atoms with Gasteiger partial charge in [-0.15, -0.1) is 0 Å². The molecule has 0 radical (unpaired) electrons. The van der Waals surface area contributed by atoms with Gasteiger partial charge in [0.1, 0.15) is 55.4 Å². The molecule has 4 bridgehead atoms. The summed E-state index contributed by atoms with van der Waals surface area (Å²) < 4.78 is 13.3. The monoisotopic (exact) mass is 891 g/mol. The molecule has 344 valence electrons. The number of nitriles is 1. The summed E-state index contributed by atoms with van der Waals surface area (Å²) in [4.78, 5) is 84.2. The Balaban J connectivity index is 1.55. The standard InChI is InChI=1S/C46H57N11O8/c1-27-41(59)55-36(43(61)51-19-16-48)23-28-6-12-37(64-20-17-49)33(22-28)34-24-29(7-13-38(34)65-21-18-50)40(44(62)53-27)56(5)45(63)35(14-15-47)54-42(60)30-25-39(58)57(52-26-30)32-10-8-31(9-11-32)46(2,3)4/h6-13,22,24-27,35-36,40H,14-15,17-21,23,47,49-50H2,1-5H3,(H,51,61)(H,53,62)(H,54,60)(H,55,59). The minimum atomic E-state index is -1.44. The van der Waals surface area contributed by atoms with E-state index >= 15 is 0 Å². The number of fused-ring (bicyclic) bond motifs is 5. The first-order chi connectivity index (χ1) is 31.0. The van der Waals surface area contributed by atoms with Crippen LogP contribution in [0.15, 0.2) is 77.7 Å². The molecule has 4 atom stereocenters. The third-order valence-corrected chi connectivity index (χ3v) is 10.7. The van der Waals surface area contributed by atoms with Gasteiger partial charge < -0.3 is 52.8 Å². The SMILES string of the molecule is CC1NC(=O)C(N(C)C(=O)C(CCN)NC(=O)c2cnn(-c3ccc(C(C)(C)C)cc3)c(=O)c2)c2ccc(OCCN)c(c2)-c2cc(ccc2OCCN)CC(C(=O)NCC#N)NC1=O. The highest BCUT2D eigenvalue weighted by atomic mass is 16.5. The number of hydrogen-bond donors (Lipinski definition) is 7. The topological polar surface area (TPSA) is 292 Å². The second-order valence-electron chi connectivity index (χ2n) is 16.5. The first kappa shape index (κ1) is 48.9. The Kier molecular flexibility index (Phi) is 16.5. The smallest absolute Gasteiger partial charge is 0.272 e. The average molecular weight is 892 g/mol. The molecule has 0 saturated heterocycles. The van der Waals surface area contributed by atoms with E-state index in [0.29, 0.717) is 33.9 Å². The van der Waals surface area contributed by atoms with Gasteiger partial charge in [-0.2, -0.15) is 15.0 Å². The number of aromatic nitrogens is 2. The molecule has 19 heteroatoms. The molecule has 3 aromatic carbocycles. The van der Waals surface area contributed by atoms with Gasteiger partial charge in [-0.05, 0) is 78.4 Å². The molecule has 0 saturated carbocycles. The van der Waals surface area contributed by atoms with Crippen LogP contribution in [0, 0.1) is 11.3 Å². The highest BCUT2D eigenvalue weighted by Gasteiger charge is 2.36. The van der Waals surface area contributed by atoms with Crippen LogP contribution in [0.1, 0.15) is 67.2 Å². The van der Waals surface area contributed by atoms with E-state index in [4.69, 9.17) is 31.9 Å². The van der Waals surface area contributed by atoms with Gasteiger partial charge in [0, 0.05) is 43.8 Å². The summed E-state index contributed by atoms with van der Waals surface area (Å²) in [6.07, 6.45) is 1.14. The number of likely N-dealkylation sites (N-methyl/N-ethyl adjacent to an activating group) is 1. The normalized spacial score (nSPS) is 16.7. The lowest BCUT2D eigenvalue weighted by atomic mass is 9.87. The molecule has 1 aromatic heterocycles. The largest absolute Gasteiger partial charge is 0.492 e. The molecule has 65 heavy (non-hydrogen) atoms. The fourth-order valence-corrected chi connectivity index (χ4v) is 7.20. The van der Waals surface area contributed by atoms with Gasteiger partial charge in [-0.25, -0.2) is 0 Å². The number of nitrogens with one attached hydrogen (secondary N) is 4. The van der Waals surface area contributed by atoms with Gasteiger partial charge in [0.2, 0.25) is 23.6 Å². The molecule has 4 unspecified atom stereocenters. The van der Waals surface area contributed by atoms with Crippen LogP contribution < -0.4 is 53.5 Å². The minimum absolute atomic E-state index is 0.0126. The van der Waals surface area contributed by atoms with Crippen molar-refractivity contribution in [1.82, 2.24) is 35.9 Å². The van der Waals surface area contributed by atoms with Crippen molar-refractivity contribution in [3.05, 3.63) is 106 Å². The molecular weight excluding hydrogens is 835 g/mol. The zero-order valence-electron chi connectivity index (χ0n) is 37.2. The number of nitrogens with zero attached hydrogens (tertiary/aromatic N) is 4. The Hall–Kier alpha value is -7.14. The van der Waals surface area contributed by atoms with Crippen molar-refractivity contribution in [3.8, 4) is 34.4 Å². The van der Waals surface area contributed by atoms with Crippen LogP contribution in [-0.4, -0.2) is 109 Å². The summed E-state index contributed by atoms with van der Waals surface area (Å²) in [7, 11) is 1.37. The molecule has 5 amide bonds. The second-order valence-corrected chi connectivity index (χ2v) is 16.5. The fraction of sp³-hybridized carbons (Fsp3) is 0.391. The molecule has 1 aliphatic heterocycles. The third kappa shape index (κ3) is 12.1. The molecule has 19 nitrogen and oxygen atoms in total. The van der Waals surface area contributed by atoms with Gasteiger partial charge >= 0.3 is 0 Å². The molecule has 0 aliphatic carbocycles. The molecule has 5 rings (SSSR count). The number of nitrogens with two attached hydrogens (primary N) is 3. The van der Waals surface area contributed by atoms with E-state index in [1.807, 2.05) is 18.2 Å². The van der Waals surface area contributed by atoms with Crippen molar-refractivity contribution in [2.45, 2.75) is 70.1 Å². The van der Waals surface area contributed by atoms with E-state index in [1.54, 1.807) is 48.5 Å². The lowest BCUT2D eigenvalue weighted by Gasteiger charge is -2.32. The molecule has 0 spiro atoms. The van der Waals surface area contributed by atoms with E-state index in [-0.39, 0.29) is 68.8 Å². The van der Waals surface area contributed by atoms with Crippen LogP contribution >= 0.6 is 0 Å². The van der Waals surface area contributed by atoms with Gasteiger partial charge in [0.05, 0.1) is 23.5 Å². The lowest BCUT2D eigenvalue weighted by molar-refractivity contribution is -0.141. The van der Waals surface area contributed by atoms with Crippen molar-refractivity contribution in [1.29, 1.82) is 5.26 Å². The fourth-order valence-electron chi connectivity index (χ4n) is 7.20. The van der Waals surface area contributed by atoms with Crippen molar-refractivity contribution < 1.29 is 33.4 Å². The highest BCUT2D eigenvalue weighted by Crippen LogP contribution is 2.40. The van der Waals surface area contributed by atoms with E-state index in [9.17, 15) is 28.8 Å². The second kappa shape index (κ2) is 22.0. The lowest BCUT2D eigenvalue weighted by Crippen LogP contribution is -2.56. The van der Waals surface area contributed by atoms with Crippen molar-refractivity contribution in [3.63, 3.8) is 0 Å². The summed E-state index contributed by atoms with van der Waals surface area (Å²) in [5.74, 6) is -2.93. The van der Waals surface area contributed by atoms with Gasteiger partial charge in [0.15, 0.2) is 0 Å². The van der Waals surface area contributed by atoms with Gasteiger partial charge in [0.25, 0.3) is 11.5 Å². The van der Waals surface area contributed by atoms with Crippen LogP contribution in [0.5, 0.6) is 11.5 Å². The predicted octanol–water partition coefficient (Wildman–Crippen LogP) is 0.704. The van der Waals surface area contributed by atoms with E-state index in [0.717, 1.165) is 21.2 Å². The summed E-state index contributed by atoms with van der Waals surface area (Å²) in [6, 6.07) is 15.2. The zero-order chi connectivity index (χ0) is 47.4. The van der Waals surface area contributed by atoms with E-state index < -0.39 is 59.3 Å². The number of ether oxygens (including phenoxy) is 2. The first-order valence-corrected chi connectivity index (χ1v) is 21.2. The maximum Gasteiger partial charge on any atom is 0.272 e. The van der Waals surface area contributed by atoms with Crippen LogP contribution in [0.25, 0.3) is 16.8 Å². The summed E-state index contributed by atoms with van der Waals surface area (Å²) in [5, 5.41) is 23.9. The quantitative estimate of drug-likeness (QED) is 0.0811. The van der Waals surface area contributed by atoms with Gasteiger partial charge in [-0.1, -0.05) is 45.0 Å². The van der Waals surface area contributed by atoms with Crippen molar-refractivity contribution >= 4 is 29.5 Å². The third-order valence-electron chi connectivity index (χ3n) is 10.7. The molecule has 0 fully saturated rings. The van der Waals surface area contributed by atoms with Crippen molar-refractivity contribution in [2.75, 3.05) is 46.4 Å². The predicted molar refractivity (Wildman–Crippen MR) is 242 cm³/mol. The summed E-state index contributed by atoms with van der Waals surface area (Å²) in [6.45, 7) is 7.87. The Morgan fingerprint density at radius 1 is 0.908 bits per heavy atom. The van der Waals surface area contributed by atoms with E-state index in [2.05, 4.69) is 47.1 Å². The van der Waals surface area contributed by atoms with Crippen LogP contribution in [0.2, 0.25) is 0 Å². The number of benzene rings is 3. The van der Waals surface area contributed by atoms with E-state index in [1.165, 1.54) is 20.2 Å². The number of carbonyl (C=O) groups is 5. The average Bonchev–Trinajstić information content (AvgIpc) is 3.28. The molecule has 4 aromatic rings. The van der Waals surface area contributed by atoms with Crippen LogP contribution in [0.3, 0.4) is 0 Å². The molecular formula is C46H57N11O8. The Bertz CT molecular complexity index is 2480. The van der Waals surface area contributed by atoms with Crippen molar-refractivity contribution in [2.24, 2.45) is 17.2 Å². The molecule has 10 N–H and O–H groups in total. The summed E-state index contributed by atoms with van der Waals surface area (Å²) >= 11 is 0. The summed E-state index contributed by atoms with van der Waals surface area (Å²) in [5.41, 5.74) is 20.1. The maximum atomic E-state index is 14.6. The number of amides is 5. The van der Waals surface area contributed by atoms with Crippen LogP contribution in [0.4, 0.5) is 0 Å². The Morgan fingerprint density at radius 2 is 1.55 bits per heavy atom. The zero-order valence-corrected chi connectivity index (χ0v) is 37.2. The number of hydrogen-bond acceptors (Lipinski definition) is 13. The Morgan fingerprint density at radius 3 is 2.15 bits per heavy atom. The molecule has 2 heterocycles. The molecule has 1 aliphatic rings. The van der Waals surface area contributed by atoms with Gasteiger partial charge in [-0.3, -0.25) is 28.8 Å². The number of rotatable bonds is 15. The maximum absolute atomic E-state index is 14.6. The number of carbonyl (C=O) groups excluding carboxylic acids is 5. The Labute approximate surface area is 377 Å². The minimum Gasteiger partial charge on any atom is -0.492 e. The first-order valence-electron chi connectivity index (χ1n) is 21.2.